The molecule has 1 fully saturated rings. The number of halogens is 1. The minimum absolute atomic E-state index is 0.103. The number of nitrogens with zero attached hydrogens (tertiary/aromatic N) is 4. The Hall–Kier alpha value is -1.95. The topological polar surface area (TPSA) is 40.8 Å². The van der Waals surface area contributed by atoms with Crippen LogP contribution in [0.2, 0.25) is 0 Å². The molecular formula is C14H17FN4O. The van der Waals surface area contributed by atoms with Crippen LogP contribution in [0.15, 0.2) is 24.4 Å². The van der Waals surface area contributed by atoms with Crippen LogP contribution in [0, 0.1) is 5.95 Å². The Labute approximate surface area is 116 Å². The third-order valence-electron chi connectivity index (χ3n) is 3.91. The Morgan fingerprint density at radius 1 is 1.50 bits per heavy atom. The Balaban J connectivity index is 1.90. The molecule has 5 nitrogen and oxygen atoms in total. The van der Waals surface area contributed by atoms with Gasteiger partial charge >= 0.3 is 0 Å². The maximum absolute atomic E-state index is 14.2. The summed E-state index contributed by atoms with van der Waals surface area (Å²) in [5, 5.41) is 0. The van der Waals surface area contributed by atoms with Crippen LogP contribution in [0.5, 0.6) is 0 Å². The Morgan fingerprint density at radius 2 is 2.30 bits per heavy atom. The lowest BCUT2D eigenvalue weighted by atomic mass is 10.2. The molecule has 2 aromatic rings. The minimum Gasteiger partial charge on any atom is -0.336 e. The molecule has 0 aromatic carbocycles. The molecule has 2 aromatic heterocycles. The molecule has 6 heteroatoms. The molecule has 1 unspecified atom stereocenters. The zero-order valence-electron chi connectivity index (χ0n) is 11.6. The SMILES string of the molecule is CN1CCC(N(C)C(=O)c2nc3ccccn3c2F)C1. The number of imidazole rings is 1. The van der Waals surface area contributed by atoms with E-state index in [4.69, 9.17) is 0 Å². The third kappa shape index (κ3) is 2.06. The molecule has 0 aliphatic carbocycles. The number of likely N-dealkylation sites (N-methyl/N-ethyl adjacent to an activating group) is 2. The van der Waals surface area contributed by atoms with E-state index in [1.807, 2.05) is 7.05 Å². The Kier molecular flexibility index (Phi) is 3.17. The van der Waals surface area contributed by atoms with Gasteiger partial charge in [-0.15, -0.1) is 0 Å². The second-order valence-electron chi connectivity index (χ2n) is 5.30. The van der Waals surface area contributed by atoms with Crippen molar-refractivity contribution in [2.24, 2.45) is 0 Å². The molecule has 106 valence electrons. The van der Waals surface area contributed by atoms with Gasteiger partial charge in [0.15, 0.2) is 5.69 Å². The van der Waals surface area contributed by atoms with Crippen molar-refractivity contribution < 1.29 is 9.18 Å². The fraction of sp³-hybridized carbons (Fsp3) is 0.429. The molecule has 3 heterocycles. The van der Waals surface area contributed by atoms with E-state index in [1.54, 1.807) is 36.3 Å². The first kappa shape index (κ1) is 13.1. The molecule has 1 aliphatic heterocycles. The van der Waals surface area contributed by atoms with Crippen molar-refractivity contribution in [1.82, 2.24) is 19.2 Å². The van der Waals surface area contributed by atoms with Crippen molar-refractivity contribution in [2.45, 2.75) is 12.5 Å². The first-order valence-electron chi connectivity index (χ1n) is 6.66. The molecule has 1 amide bonds. The number of carbonyl (C=O) groups excluding carboxylic acids is 1. The lowest BCUT2D eigenvalue weighted by molar-refractivity contribution is 0.0727. The van der Waals surface area contributed by atoms with Gasteiger partial charge in [0.2, 0.25) is 5.95 Å². The summed E-state index contributed by atoms with van der Waals surface area (Å²) in [6.45, 7) is 1.77. The number of pyridine rings is 1. The first-order valence-corrected chi connectivity index (χ1v) is 6.66. The van der Waals surface area contributed by atoms with Gasteiger partial charge in [0, 0.05) is 25.8 Å². The number of fused-ring (bicyclic) bond motifs is 1. The van der Waals surface area contributed by atoms with Gasteiger partial charge in [-0.2, -0.15) is 4.39 Å². The molecule has 1 atom stereocenters. The zero-order chi connectivity index (χ0) is 14.3. The van der Waals surface area contributed by atoms with Crippen LogP contribution < -0.4 is 0 Å². The molecule has 0 bridgehead atoms. The predicted octanol–water partition coefficient (Wildman–Crippen LogP) is 1.25. The second kappa shape index (κ2) is 4.86. The lowest BCUT2D eigenvalue weighted by Gasteiger charge is -2.23. The highest BCUT2D eigenvalue weighted by atomic mass is 19.1. The molecule has 0 spiro atoms. The van der Waals surface area contributed by atoms with Gasteiger partial charge in [0.25, 0.3) is 5.91 Å². The van der Waals surface area contributed by atoms with Crippen molar-refractivity contribution >= 4 is 11.6 Å². The summed E-state index contributed by atoms with van der Waals surface area (Å²) in [5.41, 5.74) is 0.346. The van der Waals surface area contributed by atoms with Gasteiger partial charge in [0.1, 0.15) is 5.65 Å². The van der Waals surface area contributed by atoms with Crippen molar-refractivity contribution in [2.75, 3.05) is 27.2 Å². The molecule has 3 rings (SSSR count). The van der Waals surface area contributed by atoms with Crippen molar-refractivity contribution in [3.63, 3.8) is 0 Å². The quantitative estimate of drug-likeness (QED) is 0.829. The maximum atomic E-state index is 14.2. The Bertz CT molecular complexity index is 654. The number of amides is 1. The number of aromatic nitrogens is 2. The highest BCUT2D eigenvalue weighted by molar-refractivity contribution is 5.93. The highest BCUT2D eigenvalue weighted by Crippen LogP contribution is 2.17. The van der Waals surface area contributed by atoms with E-state index in [-0.39, 0.29) is 17.6 Å². The van der Waals surface area contributed by atoms with Gasteiger partial charge in [-0.3, -0.25) is 9.20 Å². The molecule has 0 N–H and O–H groups in total. The van der Waals surface area contributed by atoms with E-state index >= 15 is 0 Å². The number of carbonyl (C=O) groups is 1. The van der Waals surface area contributed by atoms with Gasteiger partial charge in [-0.25, -0.2) is 4.98 Å². The van der Waals surface area contributed by atoms with E-state index in [1.165, 1.54) is 4.40 Å². The van der Waals surface area contributed by atoms with Crippen LogP contribution in [0.4, 0.5) is 4.39 Å². The summed E-state index contributed by atoms with van der Waals surface area (Å²) in [4.78, 5) is 20.3. The van der Waals surface area contributed by atoms with E-state index < -0.39 is 5.95 Å². The van der Waals surface area contributed by atoms with E-state index in [0.29, 0.717) is 5.65 Å². The smallest absolute Gasteiger partial charge is 0.277 e. The number of rotatable bonds is 2. The van der Waals surface area contributed by atoms with Crippen LogP contribution in [-0.2, 0) is 0 Å². The Morgan fingerprint density at radius 3 is 2.95 bits per heavy atom. The monoisotopic (exact) mass is 276 g/mol. The number of hydrogen-bond donors (Lipinski definition) is 0. The van der Waals surface area contributed by atoms with Crippen molar-refractivity contribution in [3.8, 4) is 0 Å². The first-order chi connectivity index (χ1) is 9.58. The normalized spacial score (nSPS) is 19.6. The predicted molar refractivity (Wildman–Crippen MR) is 73.1 cm³/mol. The largest absolute Gasteiger partial charge is 0.336 e. The van der Waals surface area contributed by atoms with Gasteiger partial charge in [-0.05, 0) is 32.1 Å². The molecule has 0 saturated carbocycles. The van der Waals surface area contributed by atoms with Crippen LogP contribution in [0.1, 0.15) is 16.9 Å². The van der Waals surface area contributed by atoms with E-state index in [0.717, 1.165) is 19.5 Å². The summed E-state index contributed by atoms with van der Waals surface area (Å²) < 4.78 is 15.5. The van der Waals surface area contributed by atoms with Gasteiger partial charge < -0.3 is 9.80 Å². The van der Waals surface area contributed by atoms with Crippen molar-refractivity contribution in [1.29, 1.82) is 0 Å². The summed E-state index contributed by atoms with van der Waals surface area (Å²) in [5.74, 6) is -0.949. The number of likely N-dealkylation sites (tertiary alicyclic amines) is 1. The summed E-state index contributed by atoms with van der Waals surface area (Å²) in [6.07, 6.45) is 2.48. The fourth-order valence-corrected chi connectivity index (χ4v) is 2.66. The molecule has 1 saturated heterocycles. The maximum Gasteiger partial charge on any atom is 0.277 e. The second-order valence-corrected chi connectivity index (χ2v) is 5.30. The summed E-state index contributed by atoms with van der Waals surface area (Å²) in [6, 6.07) is 5.29. The average Bonchev–Trinajstić information content (AvgIpc) is 3.02. The van der Waals surface area contributed by atoms with Crippen LogP contribution >= 0.6 is 0 Å². The number of hydrogen-bond acceptors (Lipinski definition) is 3. The zero-order valence-corrected chi connectivity index (χ0v) is 11.6. The van der Waals surface area contributed by atoms with Crippen LogP contribution in [-0.4, -0.2) is 58.3 Å². The minimum atomic E-state index is -0.594. The van der Waals surface area contributed by atoms with Gasteiger partial charge in [-0.1, -0.05) is 6.07 Å². The molecule has 20 heavy (non-hydrogen) atoms. The highest BCUT2D eigenvalue weighted by Gasteiger charge is 2.30. The van der Waals surface area contributed by atoms with E-state index in [2.05, 4.69) is 9.88 Å². The third-order valence-corrected chi connectivity index (χ3v) is 3.91. The fourth-order valence-electron chi connectivity index (χ4n) is 2.66. The van der Waals surface area contributed by atoms with Crippen molar-refractivity contribution in [3.05, 3.63) is 36.0 Å². The lowest BCUT2D eigenvalue weighted by Crippen LogP contribution is -2.39. The van der Waals surface area contributed by atoms with E-state index in [9.17, 15) is 9.18 Å². The van der Waals surface area contributed by atoms with Crippen LogP contribution in [0.3, 0.4) is 0 Å². The summed E-state index contributed by atoms with van der Waals surface area (Å²) in [7, 11) is 3.74. The van der Waals surface area contributed by atoms with Gasteiger partial charge in [0.05, 0.1) is 0 Å². The standard InChI is InChI=1S/C14H17FN4O/c1-17-8-6-10(9-17)18(2)14(20)12-13(15)19-7-4-3-5-11(19)16-12/h3-5,7,10H,6,8-9H2,1-2H3. The molecule has 1 aliphatic rings. The summed E-state index contributed by atoms with van der Waals surface area (Å²) >= 11 is 0. The van der Waals surface area contributed by atoms with Crippen LogP contribution in [0.25, 0.3) is 5.65 Å². The molecule has 0 radical (unpaired) electrons. The molecular weight excluding hydrogens is 259 g/mol. The average molecular weight is 276 g/mol.